The summed E-state index contributed by atoms with van der Waals surface area (Å²) < 4.78 is 10.7. The molecule has 2 N–H and O–H groups in total. The summed E-state index contributed by atoms with van der Waals surface area (Å²) >= 11 is 5.94. The number of ether oxygens (including phenoxy) is 2. The Balaban J connectivity index is 1.99. The van der Waals surface area contributed by atoms with E-state index in [-0.39, 0.29) is 0 Å². The van der Waals surface area contributed by atoms with E-state index in [0.717, 1.165) is 17.1 Å². The number of nitrogens with two attached hydrogens (primary N) is 1. The van der Waals surface area contributed by atoms with E-state index in [4.69, 9.17) is 26.8 Å². The Bertz CT molecular complexity index is 526. The van der Waals surface area contributed by atoms with Gasteiger partial charge in [-0.3, -0.25) is 0 Å². The highest BCUT2D eigenvalue weighted by atomic mass is 35.5. The highest BCUT2D eigenvalue weighted by Crippen LogP contribution is 2.22. The highest BCUT2D eigenvalue weighted by molar-refractivity contribution is 6.33. The average molecular weight is 264 g/mol. The van der Waals surface area contributed by atoms with Gasteiger partial charge in [0.1, 0.15) is 18.1 Å². The summed E-state index contributed by atoms with van der Waals surface area (Å²) in [6.07, 6.45) is 0. The molecule has 0 spiro atoms. The molecule has 0 unspecified atom stereocenters. The third kappa shape index (κ3) is 3.08. The number of rotatable bonds is 4. The van der Waals surface area contributed by atoms with E-state index in [1.54, 1.807) is 19.2 Å². The van der Waals surface area contributed by atoms with Gasteiger partial charge in [-0.2, -0.15) is 0 Å². The van der Waals surface area contributed by atoms with Gasteiger partial charge in [0.05, 0.1) is 17.8 Å². The second-order valence-electron chi connectivity index (χ2n) is 3.82. The van der Waals surface area contributed by atoms with Gasteiger partial charge in [-0.15, -0.1) is 0 Å². The van der Waals surface area contributed by atoms with Gasteiger partial charge in [0.2, 0.25) is 0 Å². The van der Waals surface area contributed by atoms with Gasteiger partial charge in [-0.05, 0) is 42.0 Å². The van der Waals surface area contributed by atoms with E-state index in [1.165, 1.54) is 0 Å². The van der Waals surface area contributed by atoms with Gasteiger partial charge < -0.3 is 15.2 Å². The molecule has 0 saturated carbocycles. The molecule has 0 aliphatic heterocycles. The summed E-state index contributed by atoms with van der Waals surface area (Å²) in [5.41, 5.74) is 7.19. The summed E-state index contributed by atoms with van der Waals surface area (Å²) in [6, 6.07) is 12.9. The van der Waals surface area contributed by atoms with Crippen molar-refractivity contribution < 1.29 is 9.47 Å². The lowest BCUT2D eigenvalue weighted by atomic mass is 10.2. The Morgan fingerprint density at radius 3 is 2.33 bits per heavy atom. The lowest BCUT2D eigenvalue weighted by Crippen LogP contribution is -1.96. The first kappa shape index (κ1) is 12.6. The molecule has 18 heavy (non-hydrogen) atoms. The van der Waals surface area contributed by atoms with Crippen molar-refractivity contribution in [1.82, 2.24) is 0 Å². The van der Waals surface area contributed by atoms with E-state index >= 15 is 0 Å². The van der Waals surface area contributed by atoms with E-state index < -0.39 is 0 Å². The van der Waals surface area contributed by atoms with Gasteiger partial charge in [0, 0.05) is 0 Å². The van der Waals surface area contributed by atoms with Crippen LogP contribution in [0.1, 0.15) is 5.56 Å². The van der Waals surface area contributed by atoms with Crippen LogP contribution >= 0.6 is 11.6 Å². The predicted molar refractivity (Wildman–Crippen MR) is 73.2 cm³/mol. The van der Waals surface area contributed by atoms with Crippen LogP contribution in [0.5, 0.6) is 11.5 Å². The fourth-order valence-corrected chi connectivity index (χ4v) is 1.70. The van der Waals surface area contributed by atoms with Crippen molar-refractivity contribution in [2.75, 3.05) is 12.8 Å². The molecule has 0 radical (unpaired) electrons. The molecule has 0 amide bonds. The second-order valence-corrected chi connectivity index (χ2v) is 4.23. The van der Waals surface area contributed by atoms with Crippen LogP contribution in [0, 0.1) is 0 Å². The monoisotopic (exact) mass is 263 g/mol. The smallest absolute Gasteiger partial charge is 0.120 e. The average Bonchev–Trinajstić information content (AvgIpc) is 2.41. The predicted octanol–water partition coefficient (Wildman–Crippen LogP) is 3.51. The topological polar surface area (TPSA) is 44.5 Å². The lowest BCUT2D eigenvalue weighted by molar-refractivity contribution is 0.305. The molecule has 2 aromatic carbocycles. The summed E-state index contributed by atoms with van der Waals surface area (Å²) in [7, 11) is 1.63. The van der Waals surface area contributed by atoms with Crippen LogP contribution in [0.25, 0.3) is 0 Å². The number of benzene rings is 2. The van der Waals surface area contributed by atoms with Gasteiger partial charge >= 0.3 is 0 Å². The van der Waals surface area contributed by atoms with Crippen molar-refractivity contribution in [3.05, 3.63) is 53.1 Å². The Labute approximate surface area is 111 Å². The Morgan fingerprint density at radius 1 is 1.06 bits per heavy atom. The van der Waals surface area contributed by atoms with Crippen LogP contribution < -0.4 is 15.2 Å². The lowest BCUT2D eigenvalue weighted by Gasteiger charge is -2.08. The van der Waals surface area contributed by atoms with Crippen LogP contribution in [0.3, 0.4) is 0 Å². The van der Waals surface area contributed by atoms with Crippen molar-refractivity contribution in [3.8, 4) is 11.5 Å². The van der Waals surface area contributed by atoms with Gasteiger partial charge in [-0.1, -0.05) is 17.7 Å². The molecule has 2 rings (SSSR count). The SMILES string of the molecule is COc1ccc(OCc2ccc(N)c(Cl)c2)cc1. The maximum Gasteiger partial charge on any atom is 0.120 e. The molecule has 2 aromatic rings. The molecule has 0 aliphatic rings. The summed E-state index contributed by atoms with van der Waals surface area (Å²) in [4.78, 5) is 0. The number of halogens is 1. The van der Waals surface area contributed by atoms with Crippen molar-refractivity contribution in [3.63, 3.8) is 0 Å². The summed E-state index contributed by atoms with van der Waals surface area (Å²) in [5, 5.41) is 0.547. The van der Waals surface area contributed by atoms with Crippen LogP contribution in [0.15, 0.2) is 42.5 Å². The van der Waals surface area contributed by atoms with Crippen LogP contribution in [0.4, 0.5) is 5.69 Å². The molecule has 0 saturated heterocycles. The maximum absolute atomic E-state index is 5.94. The fourth-order valence-electron chi connectivity index (χ4n) is 1.50. The highest BCUT2D eigenvalue weighted by Gasteiger charge is 2.00. The minimum atomic E-state index is 0.451. The van der Waals surface area contributed by atoms with E-state index in [9.17, 15) is 0 Å². The summed E-state index contributed by atoms with van der Waals surface area (Å²) in [6.45, 7) is 0.451. The molecule has 0 bridgehead atoms. The van der Waals surface area contributed by atoms with Gasteiger partial charge in [-0.25, -0.2) is 0 Å². The number of hydrogen-bond donors (Lipinski definition) is 1. The number of anilines is 1. The maximum atomic E-state index is 5.94. The molecular weight excluding hydrogens is 250 g/mol. The number of methoxy groups -OCH3 is 1. The van der Waals surface area contributed by atoms with Crippen molar-refractivity contribution >= 4 is 17.3 Å². The zero-order valence-corrected chi connectivity index (χ0v) is 10.8. The molecule has 4 heteroatoms. The largest absolute Gasteiger partial charge is 0.497 e. The zero-order chi connectivity index (χ0) is 13.0. The molecule has 3 nitrogen and oxygen atoms in total. The normalized spacial score (nSPS) is 10.1. The van der Waals surface area contributed by atoms with E-state index in [2.05, 4.69) is 0 Å². The Hall–Kier alpha value is -1.87. The van der Waals surface area contributed by atoms with Crippen LogP contribution in [0.2, 0.25) is 5.02 Å². The third-order valence-electron chi connectivity index (χ3n) is 2.53. The number of nitrogen functional groups attached to an aromatic ring is 1. The van der Waals surface area contributed by atoms with Crippen molar-refractivity contribution in [2.24, 2.45) is 0 Å². The quantitative estimate of drug-likeness (QED) is 0.859. The molecule has 0 aromatic heterocycles. The van der Waals surface area contributed by atoms with Crippen LogP contribution in [-0.4, -0.2) is 7.11 Å². The van der Waals surface area contributed by atoms with Gasteiger partial charge in [0.25, 0.3) is 0 Å². The first-order valence-electron chi connectivity index (χ1n) is 5.50. The van der Waals surface area contributed by atoms with Crippen molar-refractivity contribution in [1.29, 1.82) is 0 Å². The summed E-state index contributed by atoms with van der Waals surface area (Å²) in [5.74, 6) is 1.58. The minimum Gasteiger partial charge on any atom is -0.497 e. The first-order valence-corrected chi connectivity index (χ1v) is 5.87. The molecule has 0 aliphatic carbocycles. The molecular formula is C14H14ClNO2. The van der Waals surface area contributed by atoms with E-state index in [1.807, 2.05) is 30.3 Å². The van der Waals surface area contributed by atoms with Gasteiger partial charge in [0.15, 0.2) is 0 Å². The second kappa shape index (κ2) is 5.65. The Morgan fingerprint density at radius 2 is 1.72 bits per heavy atom. The molecule has 0 fully saturated rings. The first-order chi connectivity index (χ1) is 8.69. The standard InChI is InChI=1S/C14H14ClNO2/c1-17-11-3-5-12(6-4-11)18-9-10-2-7-14(16)13(15)8-10/h2-8H,9,16H2,1H3. The molecule has 0 heterocycles. The zero-order valence-electron chi connectivity index (χ0n) is 10.0. The van der Waals surface area contributed by atoms with E-state index in [0.29, 0.717) is 17.3 Å². The molecule has 94 valence electrons. The van der Waals surface area contributed by atoms with Crippen molar-refractivity contribution in [2.45, 2.75) is 6.61 Å². The number of hydrogen-bond acceptors (Lipinski definition) is 3. The van der Waals surface area contributed by atoms with Crippen LogP contribution in [-0.2, 0) is 6.61 Å². The Kier molecular flexibility index (Phi) is 3.95. The molecule has 0 atom stereocenters. The minimum absolute atomic E-state index is 0.451. The third-order valence-corrected chi connectivity index (χ3v) is 2.86. The fraction of sp³-hybridized carbons (Fsp3) is 0.143.